The number of nitrogens with one attached hydrogen (secondary N) is 2. The minimum absolute atomic E-state index is 0.344. The van der Waals surface area contributed by atoms with Crippen LogP contribution in [0.2, 0.25) is 0 Å². The first-order valence-electron chi connectivity index (χ1n) is 8.06. The highest BCUT2D eigenvalue weighted by Crippen LogP contribution is 2.38. The van der Waals surface area contributed by atoms with Crippen molar-refractivity contribution in [2.75, 3.05) is 10.6 Å². The molecule has 0 amide bonds. The van der Waals surface area contributed by atoms with Gasteiger partial charge in [0.05, 0.1) is 5.56 Å². The summed E-state index contributed by atoms with van der Waals surface area (Å²) in [7, 11) is 0. The third kappa shape index (κ3) is 2.81. The average molecular weight is 352 g/mol. The van der Waals surface area contributed by atoms with Crippen LogP contribution in [0.1, 0.15) is 11.1 Å². The number of hydrogen-bond donors (Lipinski definition) is 2. The summed E-state index contributed by atoms with van der Waals surface area (Å²) >= 11 is 0. The molecule has 4 rings (SSSR count). The lowest BCUT2D eigenvalue weighted by Gasteiger charge is -2.22. The summed E-state index contributed by atoms with van der Waals surface area (Å²) in [5.41, 5.74) is 2.97. The first-order chi connectivity index (χ1) is 12.4. The molecule has 0 aliphatic carbocycles. The summed E-state index contributed by atoms with van der Waals surface area (Å²) in [6.07, 6.45) is -2.56. The highest BCUT2D eigenvalue weighted by atomic mass is 19.4. The fourth-order valence-corrected chi connectivity index (χ4v) is 3.18. The zero-order valence-corrected chi connectivity index (χ0v) is 13.7. The quantitative estimate of drug-likeness (QED) is 0.582. The molecule has 0 spiro atoms. The Balaban J connectivity index is 1.68. The van der Waals surface area contributed by atoms with E-state index in [4.69, 9.17) is 0 Å². The lowest BCUT2D eigenvalue weighted by Crippen LogP contribution is -2.09. The Kier molecular flexibility index (Phi) is 3.72. The molecule has 130 valence electrons. The van der Waals surface area contributed by atoms with Crippen molar-refractivity contribution in [2.24, 2.45) is 0 Å². The molecular weight excluding hydrogens is 337 g/mol. The summed E-state index contributed by atoms with van der Waals surface area (Å²) in [5, 5.41) is 8.39. The van der Waals surface area contributed by atoms with Gasteiger partial charge in [-0.25, -0.2) is 0 Å². The summed E-state index contributed by atoms with van der Waals surface area (Å²) < 4.78 is 38.7. The van der Waals surface area contributed by atoms with Crippen LogP contribution in [-0.2, 0) is 6.18 Å². The van der Waals surface area contributed by atoms with Crippen molar-refractivity contribution in [2.45, 2.75) is 6.18 Å². The molecule has 2 nitrogen and oxygen atoms in total. The zero-order chi connectivity index (χ0) is 18.3. The second-order valence-electron chi connectivity index (χ2n) is 6.09. The van der Waals surface area contributed by atoms with Gasteiger partial charge in [-0.3, -0.25) is 0 Å². The molecule has 0 unspecified atom stereocenters. The predicted octanol–water partition coefficient (Wildman–Crippen LogP) is 6.25. The van der Waals surface area contributed by atoms with Crippen LogP contribution in [0.5, 0.6) is 0 Å². The number of hydrogen-bond acceptors (Lipinski definition) is 2. The van der Waals surface area contributed by atoms with Crippen molar-refractivity contribution in [3.05, 3.63) is 90.3 Å². The van der Waals surface area contributed by atoms with Crippen LogP contribution in [0.4, 0.5) is 24.5 Å². The van der Waals surface area contributed by atoms with Gasteiger partial charge in [0.1, 0.15) is 0 Å². The number of halogens is 3. The number of alkyl halides is 3. The Morgan fingerprint density at radius 3 is 2.46 bits per heavy atom. The van der Waals surface area contributed by atoms with Crippen molar-refractivity contribution in [1.82, 2.24) is 0 Å². The lowest BCUT2D eigenvalue weighted by molar-refractivity contribution is -0.137. The van der Waals surface area contributed by atoms with Gasteiger partial charge in [-0.2, -0.15) is 13.2 Å². The van der Waals surface area contributed by atoms with Crippen LogP contribution in [-0.4, -0.2) is 0 Å². The van der Waals surface area contributed by atoms with Crippen molar-refractivity contribution in [3.63, 3.8) is 0 Å². The molecule has 0 saturated carbocycles. The van der Waals surface area contributed by atoms with Gasteiger partial charge in [0, 0.05) is 34.2 Å². The molecule has 26 heavy (non-hydrogen) atoms. The maximum Gasteiger partial charge on any atom is 0.416 e. The normalized spacial score (nSPS) is 13.1. The van der Waals surface area contributed by atoms with Crippen molar-refractivity contribution >= 4 is 27.7 Å². The van der Waals surface area contributed by atoms with Gasteiger partial charge in [0.15, 0.2) is 0 Å². The third-order valence-electron chi connectivity index (χ3n) is 4.38. The first-order valence-corrected chi connectivity index (χ1v) is 8.06. The number of rotatable bonds is 3. The fraction of sp³-hybridized carbons (Fsp3) is 0.0476. The van der Waals surface area contributed by atoms with Crippen LogP contribution in [0.3, 0.4) is 0 Å². The van der Waals surface area contributed by atoms with E-state index in [0.717, 1.165) is 39.7 Å². The van der Waals surface area contributed by atoms with Crippen LogP contribution >= 0.6 is 0 Å². The molecule has 0 atom stereocenters. The number of benzene rings is 3. The van der Waals surface area contributed by atoms with E-state index in [2.05, 4.69) is 17.2 Å². The molecule has 1 aliphatic heterocycles. The maximum atomic E-state index is 12.9. The molecule has 0 bridgehead atoms. The molecule has 0 radical (unpaired) electrons. The third-order valence-corrected chi connectivity index (χ3v) is 4.38. The number of allylic oxidation sites excluding steroid dienone is 1. The summed E-state index contributed by atoms with van der Waals surface area (Å²) in [5.74, 6) is 0. The summed E-state index contributed by atoms with van der Waals surface area (Å²) in [6, 6.07) is 17.0. The van der Waals surface area contributed by atoms with E-state index in [1.54, 1.807) is 6.07 Å². The SMILES string of the molecule is C=C(Nc1cccc(C(F)(F)F)c1)C1=CNc2cccc3cccc1c23. The van der Waals surface area contributed by atoms with E-state index in [-0.39, 0.29) is 0 Å². The molecule has 3 aromatic carbocycles. The number of anilines is 2. The van der Waals surface area contributed by atoms with Crippen LogP contribution in [0, 0.1) is 0 Å². The van der Waals surface area contributed by atoms with E-state index in [1.807, 2.05) is 42.6 Å². The van der Waals surface area contributed by atoms with Gasteiger partial charge < -0.3 is 10.6 Å². The van der Waals surface area contributed by atoms with E-state index in [9.17, 15) is 13.2 Å². The second-order valence-corrected chi connectivity index (χ2v) is 6.09. The monoisotopic (exact) mass is 352 g/mol. The highest BCUT2D eigenvalue weighted by Gasteiger charge is 2.30. The van der Waals surface area contributed by atoms with Crippen LogP contribution in [0.15, 0.2) is 79.1 Å². The largest absolute Gasteiger partial charge is 0.416 e. The standard InChI is InChI=1S/C21H15F3N2/c1-13(26-16-8-4-7-15(11-16)21(22,23)24)18-12-25-19-10-3-6-14-5-2-9-17(18)20(14)19/h2-12,25-26H,1H2. The molecule has 0 saturated heterocycles. The Hall–Kier alpha value is -3.21. The molecule has 5 heteroatoms. The molecule has 2 N–H and O–H groups in total. The van der Waals surface area contributed by atoms with Gasteiger partial charge in [0.25, 0.3) is 0 Å². The Morgan fingerprint density at radius 2 is 1.69 bits per heavy atom. The van der Waals surface area contributed by atoms with Crippen molar-refractivity contribution in [3.8, 4) is 0 Å². The Morgan fingerprint density at radius 1 is 0.962 bits per heavy atom. The molecular formula is C21H15F3N2. The van der Waals surface area contributed by atoms with Crippen LogP contribution in [0.25, 0.3) is 16.3 Å². The average Bonchev–Trinajstić information content (AvgIpc) is 2.62. The van der Waals surface area contributed by atoms with E-state index in [1.165, 1.54) is 6.07 Å². The second kappa shape index (κ2) is 5.95. The Labute approximate surface area is 148 Å². The Bertz CT molecular complexity index is 1040. The topological polar surface area (TPSA) is 24.1 Å². The molecule has 0 fully saturated rings. The van der Waals surface area contributed by atoms with Gasteiger partial charge in [-0.1, -0.05) is 43.0 Å². The van der Waals surface area contributed by atoms with Gasteiger partial charge >= 0.3 is 6.18 Å². The predicted molar refractivity (Wildman–Crippen MR) is 99.8 cm³/mol. The minimum atomic E-state index is -4.38. The summed E-state index contributed by atoms with van der Waals surface area (Å²) in [4.78, 5) is 0. The van der Waals surface area contributed by atoms with E-state index >= 15 is 0 Å². The lowest BCUT2D eigenvalue weighted by atomic mass is 9.93. The zero-order valence-electron chi connectivity index (χ0n) is 13.7. The summed E-state index contributed by atoms with van der Waals surface area (Å²) in [6.45, 7) is 4.02. The van der Waals surface area contributed by atoms with Gasteiger partial charge in [-0.15, -0.1) is 0 Å². The van der Waals surface area contributed by atoms with E-state index in [0.29, 0.717) is 11.4 Å². The van der Waals surface area contributed by atoms with Crippen molar-refractivity contribution in [1.29, 1.82) is 0 Å². The van der Waals surface area contributed by atoms with Crippen LogP contribution < -0.4 is 10.6 Å². The fourth-order valence-electron chi connectivity index (χ4n) is 3.18. The molecule has 1 heterocycles. The molecule has 1 aliphatic rings. The molecule has 0 aromatic heterocycles. The van der Waals surface area contributed by atoms with Crippen molar-refractivity contribution < 1.29 is 13.2 Å². The smallest absolute Gasteiger partial charge is 0.360 e. The van der Waals surface area contributed by atoms with Gasteiger partial charge in [0.2, 0.25) is 0 Å². The van der Waals surface area contributed by atoms with Gasteiger partial charge in [-0.05, 0) is 35.2 Å². The van der Waals surface area contributed by atoms with E-state index < -0.39 is 11.7 Å². The molecule has 3 aromatic rings. The minimum Gasteiger partial charge on any atom is -0.360 e. The first kappa shape index (κ1) is 16.3. The highest BCUT2D eigenvalue weighted by molar-refractivity contribution is 6.07. The maximum absolute atomic E-state index is 12.9.